The highest BCUT2D eigenvalue weighted by molar-refractivity contribution is 7.81. The van der Waals surface area contributed by atoms with E-state index in [1.165, 1.54) is 0 Å². The van der Waals surface area contributed by atoms with Crippen LogP contribution in [-0.4, -0.2) is 17.7 Å². The minimum atomic E-state index is 0.102. The molecule has 1 aromatic carbocycles. The molecule has 1 aromatic rings. The molecule has 1 fully saturated rings. The monoisotopic (exact) mass is 255 g/mol. The Morgan fingerprint density at radius 1 is 1.38 bits per heavy atom. The van der Waals surface area contributed by atoms with Crippen molar-refractivity contribution in [1.82, 2.24) is 0 Å². The molecule has 0 aromatic heterocycles. The Morgan fingerprint density at radius 2 is 2.00 bits per heavy atom. The average molecular weight is 256 g/mol. The van der Waals surface area contributed by atoms with Crippen LogP contribution in [0.25, 0.3) is 0 Å². The van der Waals surface area contributed by atoms with Gasteiger partial charge in [-0.05, 0) is 37.1 Å². The van der Waals surface area contributed by atoms with Crippen molar-refractivity contribution in [3.8, 4) is 0 Å². The molecular formula is C12H14ClNOS. The zero-order chi connectivity index (χ0) is 11.9. The lowest BCUT2D eigenvalue weighted by molar-refractivity contribution is -0.117. The molecule has 86 valence electrons. The number of rotatable bonds is 1. The lowest BCUT2D eigenvalue weighted by Gasteiger charge is -2.19. The summed E-state index contributed by atoms with van der Waals surface area (Å²) in [5, 5.41) is 0.754. The van der Waals surface area contributed by atoms with E-state index in [1.54, 1.807) is 4.90 Å². The first kappa shape index (κ1) is 11.8. The van der Waals surface area contributed by atoms with Gasteiger partial charge >= 0.3 is 0 Å². The van der Waals surface area contributed by atoms with Crippen LogP contribution in [0.5, 0.6) is 0 Å². The van der Waals surface area contributed by atoms with Gasteiger partial charge in [-0.15, -0.1) is 0 Å². The minimum absolute atomic E-state index is 0.102. The smallest absolute Gasteiger partial charge is 0.228 e. The molecule has 1 saturated heterocycles. The van der Waals surface area contributed by atoms with E-state index in [4.69, 9.17) is 11.6 Å². The molecular weight excluding hydrogens is 242 g/mol. The van der Waals surface area contributed by atoms with Gasteiger partial charge in [0.25, 0.3) is 0 Å². The molecule has 1 heterocycles. The standard InChI is InChI=1S/C12H14ClNOS/c1-7-3-10(13)11(4-8(7)2)14-6-9(16)5-12(14)15/h3-4,9,16H,5-6H2,1-2H3. The fourth-order valence-electron chi connectivity index (χ4n) is 1.89. The summed E-state index contributed by atoms with van der Waals surface area (Å²) in [4.78, 5) is 13.5. The van der Waals surface area contributed by atoms with Gasteiger partial charge in [0.1, 0.15) is 0 Å². The van der Waals surface area contributed by atoms with E-state index >= 15 is 0 Å². The molecule has 0 aliphatic carbocycles. The largest absolute Gasteiger partial charge is 0.310 e. The Morgan fingerprint density at radius 3 is 2.56 bits per heavy atom. The third-order valence-corrected chi connectivity index (χ3v) is 3.61. The number of anilines is 1. The van der Waals surface area contributed by atoms with Crippen molar-refractivity contribution >= 4 is 35.8 Å². The number of carbonyl (C=O) groups excluding carboxylic acids is 1. The Kier molecular flexibility index (Phi) is 3.17. The van der Waals surface area contributed by atoms with Crippen molar-refractivity contribution in [3.63, 3.8) is 0 Å². The molecule has 0 spiro atoms. The minimum Gasteiger partial charge on any atom is -0.310 e. The fraction of sp³-hybridized carbons (Fsp3) is 0.417. The third kappa shape index (κ3) is 2.06. The van der Waals surface area contributed by atoms with Crippen molar-refractivity contribution in [3.05, 3.63) is 28.3 Å². The number of thiol groups is 1. The van der Waals surface area contributed by atoms with Crippen molar-refractivity contribution in [2.45, 2.75) is 25.5 Å². The highest BCUT2D eigenvalue weighted by Crippen LogP contribution is 2.32. The van der Waals surface area contributed by atoms with Crippen LogP contribution < -0.4 is 4.90 Å². The maximum atomic E-state index is 11.8. The zero-order valence-corrected chi connectivity index (χ0v) is 11.0. The van der Waals surface area contributed by atoms with Gasteiger partial charge in [-0.3, -0.25) is 4.79 Å². The number of benzene rings is 1. The molecule has 1 atom stereocenters. The van der Waals surface area contributed by atoms with E-state index < -0.39 is 0 Å². The first-order valence-corrected chi connectivity index (χ1v) is 6.13. The van der Waals surface area contributed by atoms with Crippen LogP contribution in [0.1, 0.15) is 17.5 Å². The predicted molar refractivity (Wildman–Crippen MR) is 70.7 cm³/mol. The van der Waals surface area contributed by atoms with E-state index in [1.807, 2.05) is 26.0 Å². The highest BCUT2D eigenvalue weighted by Gasteiger charge is 2.29. The molecule has 1 unspecified atom stereocenters. The molecule has 0 radical (unpaired) electrons. The highest BCUT2D eigenvalue weighted by atomic mass is 35.5. The molecule has 1 aliphatic rings. The number of aryl methyl sites for hydroxylation is 2. The maximum Gasteiger partial charge on any atom is 0.228 e. The Hall–Kier alpha value is -0.670. The molecule has 1 aliphatic heterocycles. The quantitative estimate of drug-likeness (QED) is 0.765. The number of hydrogen-bond acceptors (Lipinski definition) is 2. The molecule has 0 N–H and O–H groups in total. The van der Waals surface area contributed by atoms with Crippen LogP contribution in [0.3, 0.4) is 0 Å². The summed E-state index contributed by atoms with van der Waals surface area (Å²) in [5.41, 5.74) is 3.10. The van der Waals surface area contributed by atoms with Crippen LogP contribution in [0.15, 0.2) is 12.1 Å². The summed E-state index contributed by atoms with van der Waals surface area (Å²) in [5.74, 6) is 0.102. The van der Waals surface area contributed by atoms with Gasteiger partial charge in [0.15, 0.2) is 0 Å². The Balaban J connectivity index is 2.41. The number of carbonyl (C=O) groups is 1. The molecule has 2 nitrogen and oxygen atoms in total. The number of nitrogens with zero attached hydrogens (tertiary/aromatic N) is 1. The van der Waals surface area contributed by atoms with E-state index in [0.29, 0.717) is 18.0 Å². The SMILES string of the molecule is Cc1cc(Cl)c(N2CC(S)CC2=O)cc1C. The second-order valence-electron chi connectivity index (χ2n) is 4.25. The van der Waals surface area contributed by atoms with E-state index in [-0.39, 0.29) is 11.2 Å². The maximum absolute atomic E-state index is 11.8. The first-order chi connectivity index (χ1) is 7.49. The molecule has 4 heteroatoms. The summed E-state index contributed by atoms with van der Waals surface area (Å²) in [6.07, 6.45) is 0.492. The van der Waals surface area contributed by atoms with E-state index in [0.717, 1.165) is 16.8 Å². The Labute approximate surface area is 106 Å². The summed E-state index contributed by atoms with van der Waals surface area (Å²) in [6.45, 7) is 4.68. The van der Waals surface area contributed by atoms with Gasteiger partial charge in [-0.2, -0.15) is 12.6 Å². The summed E-state index contributed by atoms with van der Waals surface area (Å²) in [7, 11) is 0. The molecule has 0 saturated carbocycles. The van der Waals surface area contributed by atoms with E-state index in [2.05, 4.69) is 12.6 Å². The lowest BCUT2D eigenvalue weighted by Crippen LogP contribution is -2.25. The first-order valence-electron chi connectivity index (χ1n) is 5.24. The van der Waals surface area contributed by atoms with Crippen molar-refractivity contribution < 1.29 is 4.79 Å². The second kappa shape index (κ2) is 4.30. The molecule has 2 rings (SSSR count). The van der Waals surface area contributed by atoms with Gasteiger partial charge in [-0.25, -0.2) is 0 Å². The zero-order valence-electron chi connectivity index (χ0n) is 9.33. The number of amides is 1. The third-order valence-electron chi connectivity index (χ3n) is 2.96. The van der Waals surface area contributed by atoms with Crippen LogP contribution >= 0.6 is 24.2 Å². The van der Waals surface area contributed by atoms with Gasteiger partial charge in [0.2, 0.25) is 5.91 Å². The second-order valence-corrected chi connectivity index (χ2v) is 5.39. The summed E-state index contributed by atoms with van der Waals surface area (Å²) < 4.78 is 0. The van der Waals surface area contributed by atoms with Crippen LogP contribution in [-0.2, 0) is 4.79 Å². The normalized spacial score (nSPS) is 20.6. The van der Waals surface area contributed by atoms with Crippen LogP contribution in [0.2, 0.25) is 5.02 Å². The van der Waals surface area contributed by atoms with Gasteiger partial charge in [-0.1, -0.05) is 11.6 Å². The fourth-order valence-corrected chi connectivity index (χ4v) is 2.53. The van der Waals surface area contributed by atoms with Crippen LogP contribution in [0, 0.1) is 13.8 Å². The van der Waals surface area contributed by atoms with Crippen molar-refractivity contribution in [2.24, 2.45) is 0 Å². The van der Waals surface area contributed by atoms with Gasteiger partial charge in [0, 0.05) is 18.2 Å². The summed E-state index contributed by atoms with van der Waals surface area (Å²) in [6, 6.07) is 3.88. The van der Waals surface area contributed by atoms with E-state index in [9.17, 15) is 4.79 Å². The van der Waals surface area contributed by atoms with Gasteiger partial charge in [0.05, 0.1) is 10.7 Å². The lowest BCUT2D eigenvalue weighted by atomic mass is 10.1. The van der Waals surface area contributed by atoms with Gasteiger partial charge < -0.3 is 4.90 Å². The molecule has 0 bridgehead atoms. The topological polar surface area (TPSA) is 20.3 Å². The number of halogens is 1. The summed E-state index contributed by atoms with van der Waals surface area (Å²) >= 11 is 10.5. The Bertz CT molecular complexity index is 447. The predicted octanol–water partition coefficient (Wildman–Crippen LogP) is 2.99. The van der Waals surface area contributed by atoms with Crippen molar-refractivity contribution in [1.29, 1.82) is 0 Å². The number of hydrogen-bond donors (Lipinski definition) is 1. The molecule has 1 amide bonds. The van der Waals surface area contributed by atoms with Crippen molar-refractivity contribution in [2.75, 3.05) is 11.4 Å². The molecule has 16 heavy (non-hydrogen) atoms. The average Bonchev–Trinajstić information content (AvgIpc) is 2.51. The van der Waals surface area contributed by atoms with Crippen LogP contribution in [0.4, 0.5) is 5.69 Å².